The second kappa shape index (κ2) is 10.4. The zero-order valence-corrected chi connectivity index (χ0v) is 24.2. The van der Waals surface area contributed by atoms with Crippen LogP contribution in [0.3, 0.4) is 0 Å². The first-order chi connectivity index (χ1) is 20.0. The largest absolute Gasteiger partial charge is 0.494 e. The van der Waals surface area contributed by atoms with Crippen LogP contribution in [0.1, 0.15) is 49.6 Å². The number of hydrogen-bond donors (Lipinski definition) is 2. The first-order valence-corrected chi connectivity index (χ1v) is 14.3. The van der Waals surface area contributed by atoms with E-state index in [9.17, 15) is 18.0 Å². The van der Waals surface area contributed by atoms with Crippen LogP contribution in [0.25, 0.3) is 0 Å². The van der Waals surface area contributed by atoms with Gasteiger partial charge in [-0.15, -0.1) is 0 Å². The average molecular weight is 581 g/mol. The summed E-state index contributed by atoms with van der Waals surface area (Å²) in [6.07, 6.45) is -2.32. The molecular formula is C31H35F3N6O2. The predicted octanol–water partition coefficient (Wildman–Crippen LogP) is 5.55. The minimum Gasteiger partial charge on any atom is -0.494 e. The number of aromatic nitrogens is 2. The number of carbonyl (C=O) groups excluding carboxylic acids is 1. The highest BCUT2D eigenvalue weighted by molar-refractivity contribution is 6.06. The lowest BCUT2D eigenvalue weighted by molar-refractivity contribution is -0.138. The second-order valence-electron chi connectivity index (χ2n) is 11.8. The number of nitrogens with one attached hydrogen (secondary N) is 2. The molecule has 0 saturated carbocycles. The summed E-state index contributed by atoms with van der Waals surface area (Å²) in [5.41, 5.74) is 2.19. The smallest absolute Gasteiger partial charge is 0.419 e. The Morgan fingerprint density at radius 3 is 2.64 bits per heavy atom. The molecular weight excluding hydrogens is 545 g/mol. The van der Waals surface area contributed by atoms with Gasteiger partial charge in [-0.2, -0.15) is 13.2 Å². The summed E-state index contributed by atoms with van der Waals surface area (Å²) in [6.45, 7) is 8.89. The molecule has 222 valence electrons. The van der Waals surface area contributed by atoms with Crippen molar-refractivity contribution in [3.05, 3.63) is 65.0 Å². The molecule has 4 heterocycles. The quantitative estimate of drug-likeness (QED) is 0.362. The number of likely N-dealkylation sites (N-methyl/N-ethyl adjacent to an activating group) is 1. The van der Waals surface area contributed by atoms with E-state index in [0.29, 0.717) is 29.2 Å². The van der Waals surface area contributed by atoms with Crippen LogP contribution in [0.5, 0.6) is 5.75 Å². The van der Waals surface area contributed by atoms with Gasteiger partial charge in [-0.3, -0.25) is 9.69 Å². The Kier molecular flexibility index (Phi) is 7.03. The van der Waals surface area contributed by atoms with Crippen molar-refractivity contribution in [3.63, 3.8) is 0 Å². The van der Waals surface area contributed by atoms with Crippen LogP contribution in [-0.2, 0) is 29.2 Å². The third-order valence-electron chi connectivity index (χ3n) is 8.92. The Balaban J connectivity index is 1.24. The van der Waals surface area contributed by atoms with Crippen molar-refractivity contribution in [3.8, 4) is 5.75 Å². The van der Waals surface area contributed by atoms with E-state index in [2.05, 4.69) is 37.3 Å². The zero-order chi connectivity index (χ0) is 29.8. The van der Waals surface area contributed by atoms with Crippen LogP contribution in [-0.4, -0.2) is 59.6 Å². The molecule has 2 saturated heterocycles. The highest BCUT2D eigenvalue weighted by atomic mass is 19.4. The van der Waals surface area contributed by atoms with Crippen LogP contribution in [0, 0.1) is 0 Å². The SMILES string of the molecule is CCN1CC2CC1CN2c1ccc(Nc2ncc(C(F)(F)F)c(CCc3cccc4c3C(C)(C)C(=O)N4)n2)c(OC)c1. The van der Waals surface area contributed by atoms with Gasteiger partial charge in [0.2, 0.25) is 11.9 Å². The fourth-order valence-electron chi connectivity index (χ4n) is 6.74. The lowest BCUT2D eigenvalue weighted by Gasteiger charge is -2.35. The molecule has 8 nitrogen and oxygen atoms in total. The van der Waals surface area contributed by atoms with Crippen LogP contribution < -0.4 is 20.3 Å². The van der Waals surface area contributed by atoms with Gasteiger partial charge in [-0.1, -0.05) is 19.1 Å². The number of likely N-dealkylation sites (tertiary alicyclic amines) is 1. The van der Waals surface area contributed by atoms with Gasteiger partial charge in [0, 0.05) is 48.8 Å². The molecule has 3 aromatic rings. The molecule has 2 atom stereocenters. The number of fused-ring (bicyclic) bond motifs is 3. The number of ether oxygens (including phenoxy) is 1. The first-order valence-electron chi connectivity index (χ1n) is 14.3. The molecule has 2 N–H and O–H groups in total. The van der Waals surface area contributed by atoms with E-state index < -0.39 is 17.2 Å². The van der Waals surface area contributed by atoms with Crippen molar-refractivity contribution >= 4 is 28.9 Å². The van der Waals surface area contributed by atoms with E-state index in [1.807, 2.05) is 44.2 Å². The number of alkyl halides is 3. The zero-order valence-electron chi connectivity index (χ0n) is 24.2. The maximum absolute atomic E-state index is 14.0. The number of amides is 1. The van der Waals surface area contributed by atoms with Crippen molar-refractivity contribution in [1.29, 1.82) is 0 Å². The van der Waals surface area contributed by atoms with Crippen molar-refractivity contribution in [1.82, 2.24) is 14.9 Å². The Morgan fingerprint density at radius 1 is 1.14 bits per heavy atom. The highest BCUT2D eigenvalue weighted by Gasteiger charge is 2.43. The summed E-state index contributed by atoms with van der Waals surface area (Å²) in [7, 11) is 1.57. The molecule has 11 heteroatoms. The van der Waals surface area contributed by atoms with Crippen LogP contribution in [0.15, 0.2) is 42.6 Å². The monoisotopic (exact) mass is 580 g/mol. The molecule has 0 radical (unpaired) electrons. The third-order valence-corrected chi connectivity index (χ3v) is 8.92. The number of aryl methyl sites for hydroxylation is 2. The Hall–Kier alpha value is -3.86. The predicted molar refractivity (Wildman–Crippen MR) is 156 cm³/mol. The summed E-state index contributed by atoms with van der Waals surface area (Å²) in [6, 6.07) is 12.3. The van der Waals surface area contributed by atoms with Crippen LogP contribution in [0.4, 0.5) is 36.2 Å². The summed E-state index contributed by atoms with van der Waals surface area (Å²) < 4.78 is 47.6. The maximum Gasteiger partial charge on any atom is 0.419 e. The molecule has 3 aliphatic rings. The summed E-state index contributed by atoms with van der Waals surface area (Å²) in [5.74, 6) is 0.486. The maximum atomic E-state index is 14.0. The molecule has 3 aliphatic heterocycles. The van der Waals surface area contributed by atoms with Crippen molar-refractivity contribution in [2.45, 2.75) is 63.7 Å². The molecule has 1 aromatic heterocycles. The number of piperazine rings is 1. The van der Waals surface area contributed by atoms with E-state index in [-0.39, 0.29) is 30.4 Å². The van der Waals surface area contributed by atoms with E-state index in [0.717, 1.165) is 49.1 Å². The molecule has 2 aromatic carbocycles. The minimum atomic E-state index is -4.61. The standard InChI is InChI=1S/C31H35F3N6O2/c1-5-39-16-21-13-20(39)17-40(21)19-10-12-24(26(14-19)42-4)38-29-35-15-22(31(32,33)34)23(37-29)11-9-18-7-6-8-25-27(18)30(2,3)28(41)36-25/h6-8,10,12,14-15,20-21H,5,9,11,13,16-17H2,1-4H3,(H,36,41)(H,35,37,38). The van der Waals surface area contributed by atoms with Gasteiger partial charge in [-0.25, -0.2) is 9.97 Å². The third kappa shape index (κ3) is 4.93. The second-order valence-corrected chi connectivity index (χ2v) is 11.8. The molecule has 0 aliphatic carbocycles. The Bertz CT molecular complexity index is 1520. The number of carbonyl (C=O) groups is 1. The van der Waals surface area contributed by atoms with Gasteiger partial charge in [0.15, 0.2) is 0 Å². The van der Waals surface area contributed by atoms with E-state index >= 15 is 0 Å². The van der Waals surface area contributed by atoms with Crippen molar-refractivity contribution < 1.29 is 22.7 Å². The van der Waals surface area contributed by atoms with Gasteiger partial charge in [0.1, 0.15) is 5.75 Å². The van der Waals surface area contributed by atoms with Gasteiger partial charge in [0.25, 0.3) is 0 Å². The van der Waals surface area contributed by atoms with Gasteiger partial charge in [0.05, 0.1) is 29.5 Å². The van der Waals surface area contributed by atoms with Gasteiger partial charge >= 0.3 is 6.18 Å². The number of hydrogen-bond acceptors (Lipinski definition) is 7. The fourth-order valence-corrected chi connectivity index (χ4v) is 6.74. The number of nitrogens with zero attached hydrogens (tertiary/aromatic N) is 4. The number of halogens is 3. The van der Waals surface area contributed by atoms with Crippen molar-refractivity contribution in [2.24, 2.45) is 0 Å². The molecule has 2 unspecified atom stereocenters. The average Bonchev–Trinajstić information content (AvgIpc) is 3.63. The highest BCUT2D eigenvalue weighted by Crippen LogP contribution is 2.41. The number of methoxy groups -OCH3 is 1. The first kappa shape index (κ1) is 28.3. The van der Waals surface area contributed by atoms with Crippen LogP contribution >= 0.6 is 0 Å². The lowest BCUT2D eigenvalue weighted by Crippen LogP contribution is -2.46. The fraction of sp³-hybridized carbons (Fsp3) is 0.452. The minimum absolute atomic E-state index is 0.0229. The molecule has 6 rings (SSSR count). The van der Waals surface area contributed by atoms with Gasteiger partial charge < -0.3 is 20.3 Å². The molecule has 42 heavy (non-hydrogen) atoms. The molecule has 1 amide bonds. The number of benzene rings is 2. The molecule has 2 bridgehead atoms. The van der Waals surface area contributed by atoms with Crippen LogP contribution in [0.2, 0.25) is 0 Å². The Morgan fingerprint density at radius 2 is 1.95 bits per heavy atom. The number of anilines is 4. The van der Waals surface area contributed by atoms with E-state index in [1.54, 1.807) is 13.2 Å². The normalized spacial score (nSPS) is 21.0. The van der Waals surface area contributed by atoms with Gasteiger partial charge in [-0.05, 0) is 69.0 Å². The van der Waals surface area contributed by atoms with E-state index in [4.69, 9.17) is 4.74 Å². The number of rotatable bonds is 8. The van der Waals surface area contributed by atoms with E-state index in [1.165, 1.54) is 0 Å². The molecule has 0 spiro atoms. The molecule has 2 fully saturated rings. The lowest BCUT2D eigenvalue weighted by atomic mass is 9.82. The summed E-state index contributed by atoms with van der Waals surface area (Å²) >= 11 is 0. The van der Waals surface area contributed by atoms with Crippen molar-refractivity contribution in [2.75, 3.05) is 42.3 Å². The summed E-state index contributed by atoms with van der Waals surface area (Å²) in [4.78, 5) is 25.7. The topological polar surface area (TPSA) is 82.6 Å². The Labute approximate surface area is 243 Å². The summed E-state index contributed by atoms with van der Waals surface area (Å²) in [5, 5.41) is 5.94.